The summed E-state index contributed by atoms with van der Waals surface area (Å²) in [5.74, 6) is 0.271. The summed E-state index contributed by atoms with van der Waals surface area (Å²) in [6.07, 6.45) is 0.0826. The molecule has 1 N–H and O–H groups in total. The first-order valence-electron chi connectivity index (χ1n) is 10.6. The summed E-state index contributed by atoms with van der Waals surface area (Å²) >= 11 is 18.1. The second-order valence-corrected chi connectivity index (χ2v) is 10.6. The molecule has 1 heterocycles. The topological polar surface area (TPSA) is 88.1 Å². The molecular weight excluding hydrogens is 533 g/mol. The van der Waals surface area contributed by atoms with Gasteiger partial charge >= 0.3 is 0 Å². The normalized spacial score (nSPS) is 14.1. The number of hydrogen-bond acceptors (Lipinski definition) is 5. The van der Waals surface area contributed by atoms with E-state index in [0.29, 0.717) is 12.2 Å². The zero-order valence-electron chi connectivity index (χ0n) is 18.2. The van der Waals surface area contributed by atoms with Crippen LogP contribution in [0.3, 0.4) is 0 Å². The molecule has 0 fully saturated rings. The number of nitrogens with one attached hydrogen (secondary N) is 1. The van der Waals surface area contributed by atoms with Gasteiger partial charge in [-0.25, -0.2) is 13.4 Å². The van der Waals surface area contributed by atoms with Crippen molar-refractivity contribution in [3.8, 4) is 5.75 Å². The van der Waals surface area contributed by atoms with Gasteiger partial charge in [-0.05, 0) is 36.4 Å². The van der Waals surface area contributed by atoms with Crippen molar-refractivity contribution in [1.82, 2.24) is 4.31 Å². The number of ether oxygens (including phenoxy) is 1. The summed E-state index contributed by atoms with van der Waals surface area (Å²) < 4.78 is 33.6. The van der Waals surface area contributed by atoms with Crippen LogP contribution in [0.25, 0.3) is 0 Å². The third-order valence-corrected chi connectivity index (χ3v) is 8.00. The standard InChI is InChI=1S/C24H20Cl3N3O4S/c25-17-13-19(27)21(14-18(17)26)29-24(31)15-23-28-20-9-4-5-10-22(20)35(32,33)30(23)11-6-12-34-16-7-2-1-3-8-16/h1-5,7-10,13-14H,6,11-12,15H2,(H,29,31). The number of carbonyl (C=O) groups excluding carboxylic acids is 1. The smallest absolute Gasteiger partial charge is 0.267 e. The van der Waals surface area contributed by atoms with Gasteiger partial charge in [0.2, 0.25) is 5.91 Å². The molecular formula is C24H20Cl3N3O4S. The molecule has 0 radical (unpaired) electrons. The Kier molecular flexibility index (Phi) is 7.86. The number of nitrogens with zero attached hydrogens (tertiary/aromatic N) is 2. The molecule has 182 valence electrons. The number of hydrogen-bond donors (Lipinski definition) is 1. The van der Waals surface area contributed by atoms with Crippen LogP contribution in [-0.4, -0.2) is 37.6 Å². The van der Waals surface area contributed by atoms with Gasteiger partial charge in [0.05, 0.1) is 39.5 Å². The first-order chi connectivity index (χ1) is 16.8. The zero-order valence-corrected chi connectivity index (χ0v) is 21.3. The summed E-state index contributed by atoms with van der Waals surface area (Å²) in [7, 11) is -3.91. The van der Waals surface area contributed by atoms with Gasteiger partial charge in [0.25, 0.3) is 10.0 Å². The number of sulfonamides is 1. The zero-order chi connectivity index (χ0) is 25.0. The van der Waals surface area contributed by atoms with Crippen LogP contribution in [0.2, 0.25) is 15.1 Å². The highest BCUT2D eigenvalue weighted by Crippen LogP contribution is 2.34. The molecule has 0 aliphatic carbocycles. The summed E-state index contributed by atoms with van der Waals surface area (Å²) in [6, 6.07) is 18.5. The molecule has 11 heteroatoms. The number of rotatable bonds is 8. The molecule has 4 rings (SSSR count). The van der Waals surface area contributed by atoms with Crippen molar-refractivity contribution in [1.29, 1.82) is 0 Å². The van der Waals surface area contributed by atoms with Crippen molar-refractivity contribution in [3.63, 3.8) is 0 Å². The van der Waals surface area contributed by atoms with Gasteiger partial charge in [0.1, 0.15) is 16.5 Å². The van der Waals surface area contributed by atoms with E-state index in [4.69, 9.17) is 39.5 Å². The van der Waals surface area contributed by atoms with Crippen molar-refractivity contribution in [2.75, 3.05) is 18.5 Å². The molecule has 0 unspecified atom stereocenters. The molecule has 35 heavy (non-hydrogen) atoms. The third kappa shape index (κ3) is 5.90. The minimum Gasteiger partial charge on any atom is -0.494 e. The van der Waals surface area contributed by atoms with Gasteiger partial charge in [-0.2, -0.15) is 0 Å². The summed E-state index contributed by atoms with van der Waals surface area (Å²) in [5, 5.41) is 3.31. The van der Waals surface area contributed by atoms with E-state index < -0.39 is 15.9 Å². The van der Waals surface area contributed by atoms with Gasteiger partial charge in [0, 0.05) is 13.0 Å². The molecule has 0 saturated heterocycles. The Bertz CT molecular complexity index is 1380. The summed E-state index contributed by atoms with van der Waals surface area (Å²) in [6.45, 7) is 0.374. The van der Waals surface area contributed by atoms with E-state index in [0.717, 1.165) is 4.31 Å². The Balaban J connectivity index is 1.53. The van der Waals surface area contributed by atoms with Crippen molar-refractivity contribution in [2.45, 2.75) is 17.7 Å². The maximum atomic E-state index is 13.4. The lowest BCUT2D eigenvalue weighted by Gasteiger charge is -2.29. The molecule has 3 aromatic rings. The average molecular weight is 553 g/mol. The second-order valence-electron chi connectivity index (χ2n) is 7.56. The number of amidine groups is 1. The predicted octanol–water partition coefficient (Wildman–Crippen LogP) is 6.18. The van der Waals surface area contributed by atoms with E-state index in [9.17, 15) is 13.2 Å². The molecule has 0 aromatic heterocycles. The Morgan fingerprint density at radius 1 is 0.943 bits per heavy atom. The van der Waals surface area contributed by atoms with E-state index in [1.165, 1.54) is 18.2 Å². The lowest BCUT2D eigenvalue weighted by atomic mass is 10.2. The van der Waals surface area contributed by atoms with Crippen LogP contribution in [0.15, 0.2) is 76.6 Å². The first-order valence-corrected chi connectivity index (χ1v) is 13.1. The van der Waals surface area contributed by atoms with Crippen LogP contribution < -0.4 is 10.1 Å². The Morgan fingerprint density at radius 3 is 2.40 bits per heavy atom. The van der Waals surface area contributed by atoms with Gasteiger partial charge in [-0.3, -0.25) is 9.10 Å². The van der Waals surface area contributed by atoms with Crippen molar-refractivity contribution < 1.29 is 17.9 Å². The number of anilines is 1. The molecule has 1 aliphatic heterocycles. The maximum absolute atomic E-state index is 13.4. The first kappa shape index (κ1) is 25.3. The molecule has 1 aliphatic rings. The van der Waals surface area contributed by atoms with E-state index in [-0.39, 0.29) is 56.7 Å². The van der Waals surface area contributed by atoms with E-state index in [1.807, 2.05) is 30.3 Å². The van der Waals surface area contributed by atoms with Crippen LogP contribution in [0, 0.1) is 0 Å². The highest BCUT2D eigenvalue weighted by molar-refractivity contribution is 7.90. The number of para-hydroxylation sites is 2. The largest absolute Gasteiger partial charge is 0.494 e. The van der Waals surface area contributed by atoms with Crippen molar-refractivity contribution in [2.24, 2.45) is 4.99 Å². The quantitative estimate of drug-likeness (QED) is 0.267. The number of halogens is 3. The molecule has 0 spiro atoms. The maximum Gasteiger partial charge on any atom is 0.267 e. The SMILES string of the molecule is O=C(CC1=Nc2ccccc2S(=O)(=O)N1CCCOc1ccccc1)Nc1cc(Cl)c(Cl)cc1Cl. The van der Waals surface area contributed by atoms with Gasteiger partial charge in [-0.15, -0.1) is 0 Å². The van der Waals surface area contributed by atoms with Crippen LogP contribution in [-0.2, 0) is 14.8 Å². The van der Waals surface area contributed by atoms with Crippen molar-refractivity contribution in [3.05, 3.63) is 81.8 Å². The number of aliphatic imine (C=N–C) groups is 1. The fraction of sp³-hybridized carbons (Fsp3) is 0.167. The molecule has 7 nitrogen and oxygen atoms in total. The number of carbonyl (C=O) groups is 1. The Labute approximate surface area is 218 Å². The molecule has 0 atom stereocenters. The molecule has 0 bridgehead atoms. The number of fused-ring (bicyclic) bond motifs is 1. The van der Waals surface area contributed by atoms with E-state index in [1.54, 1.807) is 18.2 Å². The third-order valence-electron chi connectivity index (χ3n) is 5.09. The molecule has 1 amide bonds. The Morgan fingerprint density at radius 2 is 1.63 bits per heavy atom. The van der Waals surface area contributed by atoms with Gasteiger partial charge in [-0.1, -0.05) is 65.1 Å². The second kappa shape index (κ2) is 10.9. The van der Waals surface area contributed by atoms with Crippen LogP contribution in [0.4, 0.5) is 11.4 Å². The van der Waals surface area contributed by atoms with Crippen LogP contribution >= 0.6 is 34.8 Å². The minimum absolute atomic E-state index is 0.0839. The lowest BCUT2D eigenvalue weighted by molar-refractivity contribution is -0.115. The number of amides is 1. The fourth-order valence-electron chi connectivity index (χ4n) is 3.47. The number of benzene rings is 3. The fourth-order valence-corrected chi connectivity index (χ4v) is 5.68. The summed E-state index contributed by atoms with van der Waals surface area (Å²) in [5.41, 5.74) is 0.535. The van der Waals surface area contributed by atoms with E-state index >= 15 is 0 Å². The highest BCUT2D eigenvalue weighted by atomic mass is 35.5. The van der Waals surface area contributed by atoms with Crippen molar-refractivity contribution >= 4 is 67.9 Å². The average Bonchev–Trinajstić information content (AvgIpc) is 2.82. The molecule has 3 aromatic carbocycles. The van der Waals surface area contributed by atoms with Crippen LogP contribution in [0.5, 0.6) is 5.75 Å². The predicted molar refractivity (Wildman–Crippen MR) is 139 cm³/mol. The highest BCUT2D eigenvalue weighted by Gasteiger charge is 2.34. The Hall–Kier alpha value is -2.78. The van der Waals surface area contributed by atoms with E-state index in [2.05, 4.69) is 10.3 Å². The molecule has 0 saturated carbocycles. The van der Waals surface area contributed by atoms with Gasteiger partial charge < -0.3 is 10.1 Å². The van der Waals surface area contributed by atoms with Crippen LogP contribution in [0.1, 0.15) is 12.8 Å². The lowest BCUT2D eigenvalue weighted by Crippen LogP contribution is -2.41. The van der Waals surface area contributed by atoms with Gasteiger partial charge in [0.15, 0.2) is 0 Å². The summed E-state index contributed by atoms with van der Waals surface area (Å²) in [4.78, 5) is 17.4. The monoisotopic (exact) mass is 551 g/mol. The minimum atomic E-state index is -3.91.